The van der Waals surface area contributed by atoms with Crippen LogP contribution in [0.2, 0.25) is 0 Å². The van der Waals surface area contributed by atoms with Gasteiger partial charge in [-0.2, -0.15) is 4.98 Å². The highest BCUT2D eigenvalue weighted by molar-refractivity contribution is 9.10. The molecular formula is C11H9BrFN3O. The quantitative estimate of drug-likeness (QED) is 0.925. The predicted octanol–water partition coefficient (Wildman–Crippen LogP) is 3.06. The van der Waals surface area contributed by atoms with Gasteiger partial charge in [-0.05, 0) is 25.1 Å². The molecule has 0 atom stereocenters. The number of nitrogens with two attached hydrogens (primary N) is 1. The number of hydrogen-bond acceptors (Lipinski definition) is 4. The minimum Gasteiger partial charge on any atom is -0.436 e. The first-order valence-electron chi connectivity index (χ1n) is 4.78. The highest BCUT2D eigenvalue weighted by atomic mass is 79.9. The maximum absolute atomic E-state index is 13.4. The molecule has 0 unspecified atom stereocenters. The van der Waals surface area contributed by atoms with Crippen LogP contribution in [0.1, 0.15) is 5.69 Å². The van der Waals surface area contributed by atoms with Crippen LogP contribution in [0.15, 0.2) is 28.7 Å². The van der Waals surface area contributed by atoms with E-state index in [1.165, 1.54) is 12.1 Å². The molecule has 2 N–H and O–H groups in total. The Balaban J connectivity index is 2.34. The summed E-state index contributed by atoms with van der Waals surface area (Å²) in [6.45, 7) is 1.75. The van der Waals surface area contributed by atoms with Crippen molar-refractivity contribution in [3.8, 4) is 11.6 Å². The van der Waals surface area contributed by atoms with Crippen LogP contribution in [-0.4, -0.2) is 9.97 Å². The zero-order chi connectivity index (χ0) is 12.4. The van der Waals surface area contributed by atoms with Crippen molar-refractivity contribution in [2.75, 3.05) is 5.73 Å². The molecule has 1 heterocycles. The number of nitrogen functional groups attached to an aromatic ring is 1. The van der Waals surface area contributed by atoms with Crippen molar-refractivity contribution in [2.45, 2.75) is 6.92 Å². The van der Waals surface area contributed by atoms with E-state index < -0.39 is 5.82 Å². The lowest BCUT2D eigenvalue weighted by Gasteiger charge is -2.07. The van der Waals surface area contributed by atoms with Gasteiger partial charge in [0.15, 0.2) is 11.6 Å². The molecule has 0 aliphatic rings. The second kappa shape index (κ2) is 4.67. The molecule has 1 aromatic carbocycles. The molecule has 0 radical (unpaired) electrons. The van der Waals surface area contributed by atoms with Gasteiger partial charge in [0.1, 0.15) is 0 Å². The van der Waals surface area contributed by atoms with Gasteiger partial charge in [-0.15, -0.1) is 0 Å². The van der Waals surface area contributed by atoms with E-state index in [4.69, 9.17) is 10.5 Å². The Kier molecular flexibility index (Phi) is 3.23. The summed E-state index contributed by atoms with van der Waals surface area (Å²) in [6, 6.07) is 5.98. The minimum atomic E-state index is -0.469. The van der Waals surface area contributed by atoms with Gasteiger partial charge in [-0.25, -0.2) is 9.37 Å². The van der Waals surface area contributed by atoms with Crippen molar-refractivity contribution in [1.82, 2.24) is 9.97 Å². The first-order valence-corrected chi connectivity index (χ1v) is 5.58. The highest BCUT2D eigenvalue weighted by Crippen LogP contribution is 2.26. The first-order chi connectivity index (χ1) is 8.04. The lowest BCUT2D eigenvalue weighted by molar-refractivity contribution is 0.426. The molecule has 0 fully saturated rings. The Bertz CT molecular complexity index is 542. The van der Waals surface area contributed by atoms with E-state index in [0.717, 1.165) is 0 Å². The monoisotopic (exact) mass is 297 g/mol. The van der Waals surface area contributed by atoms with Gasteiger partial charge in [0.05, 0.1) is 0 Å². The van der Waals surface area contributed by atoms with E-state index in [9.17, 15) is 4.39 Å². The molecule has 88 valence electrons. The summed E-state index contributed by atoms with van der Waals surface area (Å²) in [5.74, 6) is -0.0812. The van der Waals surface area contributed by atoms with Gasteiger partial charge in [-0.1, -0.05) is 15.9 Å². The normalized spacial score (nSPS) is 10.3. The van der Waals surface area contributed by atoms with Crippen molar-refractivity contribution in [1.29, 1.82) is 0 Å². The predicted molar refractivity (Wildman–Crippen MR) is 65.4 cm³/mol. The van der Waals surface area contributed by atoms with Gasteiger partial charge in [0.25, 0.3) is 0 Å². The van der Waals surface area contributed by atoms with E-state index >= 15 is 0 Å². The fourth-order valence-corrected chi connectivity index (χ4v) is 1.62. The molecule has 6 heteroatoms. The molecule has 0 spiro atoms. The average Bonchev–Trinajstić information content (AvgIpc) is 2.22. The van der Waals surface area contributed by atoms with Crippen molar-refractivity contribution in [2.24, 2.45) is 0 Å². The molecule has 0 bridgehead atoms. The van der Waals surface area contributed by atoms with Gasteiger partial charge >= 0.3 is 0 Å². The molecule has 17 heavy (non-hydrogen) atoms. The fraction of sp³-hybridized carbons (Fsp3) is 0.0909. The largest absolute Gasteiger partial charge is 0.436 e. The van der Waals surface area contributed by atoms with Crippen LogP contribution in [-0.2, 0) is 0 Å². The Labute approximate surface area is 106 Å². The van der Waals surface area contributed by atoms with Crippen LogP contribution in [0.25, 0.3) is 0 Å². The number of aromatic nitrogens is 2. The number of hydrogen-bond donors (Lipinski definition) is 1. The third-order valence-electron chi connectivity index (χ3n) is 1.96. The van der Waals surface area contributed by atoms with Crippen LogP contribution in [0.5, 0.6) is 11.6 Å². The molecule has 1 aromatic heterocycles. The Hall–Kier alpha value is -1.69. The van der Waals surface area contributed by atoms with E-state index in [1.54, 1.807) is 19.1 Å². The Morgan fingerprint density at radius 3 is 2.76 bits per heavy atom. The molecule has 2 aromatic rings. The minimum absolute atomic E-state index is 0.0804. The molecule has 0 aliphatic carbocycles. The van der Waals surface area contributed by atoms with E-state index in [2.05, 4.69) is 25.9 Å². The molecule has 0 saturated heterocycles. The van der Waals surface area contributed by atoms with Gasteiger partial charge in [-0.3, -0.25) is 0 Å². The number of benzene rings is 1. The Morgan fingerprint density at radius 2 is 2.06 bits per heavy atom. The summed E-state index contributed by atoms with van der Waals surface area (Å²) >= 11 is 3.23. The summed E-state index contributed by atoms with van der Waals surface area (Å²) < 4.78 is 19.5. The lowest BCUT2D eigenvalue weighted by atomic mass is 10.3. The average molecular weight is 298 g/mol. The zero-order valence-electron chi connectivity index (χ0n) is 8.95. The fourth-order valence-electron chi connectivity index (χ4n) is 1.28. The van der Waals surface area contributed by atoms with Crippen LogP contribution < -0.4 is 10.5 Å². The molecule has 4 nitrogen and oxygen atoms in total. The second-order valence-corrected chi connectivity index (χ2v) is 4.30. The molecular weight excluding hydrogens is 289 g/mol. The summed E-state index contributed by atoms with van der Waals surface area (Å²) in [4.78, 5) is 7.76. The Morgan fingerprint density at radius 1 is 1.29 bits per heavy atom. The van der Waals surface area contributed by atoms with Crippen molar-refractivity contribution in [3.63, 3.8) is 0 Å². The highest BCUT2D eigenvalue weighted by Gasteiger charge is 2.07. The number of nitrogens with zero attached hydrogens (tertiary/aromatic N) is 2. The summed E-state index contributed by atoms with van der Waals surface area (Å²) in [5, 5.41) is 0. The smallest absolute Gasteiger partial charge is 0.224 e. The molecule has 2 rings (SSSR count). The van der Waals surface area contributed by atoms with E-state index in [0.29, 0.717) is 10.2 Å². The summed E-state index contributed by atoms with van der Waals surface area (Å²) in [7, 11) is 0. The number of rotatable bonds is 2. The van der Waals surface area contributed by atoms with Crippen LogP contribution in [0.4, 0.5) is 10.3 Å². The van der Waals surface area contributed by atoms with Crippen LogP contribution in [0.3, 0.4) is 0 Å². The van der Waals surface area contributed by atoms with Crippen molar-refractivity contribution >= 4 is 21.9 Å². The molecule has 0 amide bonds. The lowest BCUT2D eigenvalue weighted by Crippen LogP contribution is -1.99. The second-order valence-electron chi connectivity index (χ2n) is 3.38. The molecule has 0 saturated carbocycles. The van der Waals surface area contributed by atoms with E-state index in [-0.39, 0.29) is 17.6 Å². The molecule has 0 aliphatic heterocycles. The number of halogens is 2. The number of anilines is 1. The maximum atomic E-state index is 13.4. The van der Waals surface area contributed by atoms with Crippen molar-refractivity contribution in [3.05, 3.63) is 40.2 Å². The third-order valence-corrected chi connectivity index (χ3v) is 2.45. The number of aryl methyl sites for hydroxylation is 1. The van der Waals surface area contributed by atoms with Gasteiger partial charge in [0.2, 0.25) is 11.8 Å². The van der Waals surface area contributed by atoms with E-state index in [1.807, 2.05) is 0 Å². The number of ether oxygens (including phenoxy) is 1. The maximum Gasteiger partial charge on any atom is 0.224 e. The standard InChI is InChI=1S/C11H9BrFN3O/c1-6-4-10(16-11(14)15-6)17-9-5-7(12)2-3-8(9)13/h2-5H,1H3,(H2,14,15,16). The van der Waals surface area contributed by atoms with Gasteiger partial charge < -0.3 is 10.5 Å². The van der Waals surface area contributed by atoms with Gasteiger partial charge in [0, 0.05) is 16.2 Å². The summed E-state index contributed by atoms with van der Waals surface area (Å²) in [6.07, 6.45) is 0. The summed E-state index contributed by atoms with van der Waals surface area (Å²) in [5.41, 5.74) is 6.13. The topological polar surface area (TPSA) is 61.0 Å². The van der Waals surface area contributed by atoms with Crippen molar-refractivity contribution < 1.29 is 9.13 Å². The van der Waals surface area contributed by atoms with Crippen LogP contribution >= 0.6 is 15.9 Å². The van der Waals surface area contributed by atoms with Crippen LogP contribution in [0, 0.1) is 12.7 Å². The SMILES string of the molecule is Cc1cc(Oc2cc(Br)ccc2F)nc(N)n1. The zero-order valence-corrected chi connectivity index (χ0v) is 10.5. The third kappa shape index (κ3) is 2.91. The first kappa shape index (κ1) is 11.8.